The highest BCUT2D eigenvalue weighted by molar-refractivity contribution is 6.32. The maximum atomic E-state index is 12.3. The molecule has 3 aromatic rings. The molecule has 0 aliphatic carbocycles. The molecule has 1 N–H and O–H groups in total. The van der Waals surface area contributed by atoms with E-state index in [1.807, 2.05) is 37.3 Å². The number of aromatic nitrogens is 3. The first kappa shape index (κ1) is 13.6. The summed E-state index contributed by atoms with van der Waals surface area (Å²) in [5.74, 6) is -0.276. The molecule has 0 aliphatic heterocycles. The Hall–Kier alpha value is -2.40. The molecule has 0 unspecified atom stereocenters. The van der Waals surface area contributed by atoms with Crippen molar-refractivity contribution >= 4 is 23.2 Å². The van der Waals surface area contributed by atoms with E-state index >= 15 is 0 Å². The lowest BCUT2D eigenvalue weighted by Crippen LogP contribution is -2.25. The van der Waals surface area contributed by atoms with E-state index in [1.165, 1.54) is 0 Å². The number of halogens is 1. The van der Waals surface area contributed by atoms with Crippen LogP contribution in [0.15, 0.2) is 42.6 Å². The number of hydrogen-bond donors (Lipinski definition) is 1. The summed E-state index contributed by atoms with van der Waals surface area (Å²) in [6.45, 7) is 2.25. The summed E-state index contributed by atoms with van der Waals surface area (Å²) in [6, 6.07) is 11.1. The van der Waals surface area contributed by atoms with Crippen LogP contribution in [0.3, 0.4) is 0 Å². The quantitative estimate of drug-likeness (QED) is 0.809. The molecule has 5 nitrogen and oxygen atoms in total. The minimum Gasteiger partial charge on any atom is -0.345 e. The second kappa shape index (κ2) is 5.54. The highest BCUT2D eigenvalue weighted by atomic mass is 35.5. The van der Waals surface area contributed by atoms with E-state index in [0.717, 1.165) is 11.4 Å². The number of nitrogens with one attached hydrogen (secondary N) is 1. The average molecular weight is 301 g/mol. The Morgan fingerprint density at radius 1 is 1.24 bits per heavy atom. The zero-order valence-corrected chi connectivity index (χ0v) is 12.1. The molecule has 6 heteroatoms. The van der Waals surface area contributed by atoms with Gasteiger partial charge in [-0.25, -0.2) is 4.98 Å². The fraction of sp³-hybridized carbons (Fsp3) is 0.133. The summed E-state index contributed by atoms with van der Waals surface area (Å²) in [7, 11) is 0. The molecule has 3 rings (SSSR count). The minimum atomic E-state index is -0.276. The fourth-order valence-electron chi connectivity index (χ4n) is 2.12. The van der Waals surface area contributed by atoms with Crippen LogP contribution in [-0.4, -0.2) is 20.3 Å². The third-order valence-electron chi connectivity index (χ3n) is 3.08. The van der Waals surface area contributed by atoms with E-state index in [0.29, 0.717) is 17.9 Å². The van der Waals surface area contributed by atoms with Crippen LogP contribution in [0, 0.1) is 6.92 Å². The van der Waals surface area contributed by atoms with Gasteiger partial charge in [0.2, 0.25) is 0 Å². The van der Waals surface area contributed by atoms with Crippen molar-refractivity contribution in [2.75, 3.05) is 0 Å². The standard InChI is InChI=1S/C15H13ClN4O/c1-10-5-4-6-11(18-10)9-17-15(21)13-14(16)19-12-7-2-3-8-20(12)13/h2-8H,9H2,1H3,(H,17,21). The minimum absolute atomic E-state index is 0.191. The highest BCUT2D eigenvalue weighted by Gasteiger charge is 2.17. The van der Waals surface area contributed by atoms with Gasteiger partial charge in [0.25, 0.3) is 5.91 Å². The molecular weight excluding hydrogens is 288 g/mol. The molecule has 0 saturated heterocycles. The Morgan fingerprint density at radius 3 is 2.90 bits per heavy atom. The number of pyridine rings is 2. The van der Waals surface area contributed by atoms with Crippen LogP contribution in [0.5, 0.6) is 0 Å². The number of imidazole rings is 1. The van der Waals surface area contributed by atoms with Gasteiger partial charge in [0, 0.05) is 11.9 Å². The average Bonchev–Trinajstić information content (AvgIpc) is 2.81. The summed E-state index contributed by atoms with van der Waals surface area (Å²) >= 11 is 6.06. The van der Waals surface area contributed by atoms with E-state index in [4.69, 9.17) is 11.6 Å². The van der Waals surface area contributed by atoms with Crippen LogP contribution in [0.2, 0.25) is 5.15 Å². The summed E-state index contributed by atoms with van der Waals surface area (Å²) in [6.07, 6.45) is 1.76. The summed E-state index contributed by atoms with van der Waals surface area (Å²) in [4.78, 5) is 20.8. The lowest BCUT2D eigenvalue weighted by molar-refractivity contribution is 0.0944. The molecular formula is C15H13ClN4O. The van der Waals surface area contributed by atoms with Crippen molar-refractivity contribution in [3.63, 3.8) is 0 Å². The number of nitrogens with zero attached hydrogens (tertiary/aromatic N) is 3. The maximum absolute atomic E-state index is 12.3. The zero-order chi connectivity index (χ0) is 14.8. The third-order valence-corrected chi connectivity index (χ3v) is 3.34. The Balaban J connectivity index is 1.83. The van der Waals surface area contributed by atoms with Crippen molar-refractivity contribution in [2.24, 2.45) is 0 Å². The van der Waals surface area contributed by atoms with Crippen molar-refractivity contribution in [3.05, 3.63) is 64.8 Å². The van der Waals surface area contributed by atoms with Crippen LogP contribution in [0.25, 0.3) is 5.65 Å². The predicted octanol–water partition coefficient (Wildman–Crippen LogP) is 2.62. The van der Waals surface area contributed by atoms with Gasteiger partial charge in [-0.3, -0.25) is 14.2 Å². The monoisotopic (exact) mass is 300 g/mol. The van der Waals surface area contributed by atoms with E-state index in [-0.39, 0.29) is 11.1 Å². The molecule has 21 heavy (non-hydrogen) atoms. The highest BCUT2D eigenvalue weighted by Crippen LogP contribution is 2.17. The van der Waals surface area contributed by atoms with E-state index in [1.54, 1.807) is 16.7 Å². The number of rotatable bonds is 3. The number of amides is 1. The lowest BCUT2D eigenvalue weighted by Gasteiger charge is -2.05. The Bertz CT molecular complexity index is 812. The summed E-state index contributed by atoms with van der Waals surface area (Å²) in [5.41, 5.74) is 2.68. The molecule has 0 aliphatic rings. The fourth-order valence-corrected chi connectivity index (χ4v) is 2.39. The number of carbonyl (C=O) groups is 1. The third kappa shape index (κ3) is 2.73. The van der Waals surface area contributed by atoms with Gasteiger partial charge in [0.05, 0.1) is 12.2 Å². The summed E-state index contributed by atoms with van der Waals surface area (Å²) < 4.78 is 1.67. The van der Waals surface area contributed by atoms with Gasteiger partial charge in [0.15, 0.2) is 10.8 Å². The Morgan fingerprint density at radius 2 is 2.10 bits per heavy atom. The molecule has 0 aromatic carbocycles. The van der Waals surface area contributed by atoms with Crippen LogP contribution in [0.4, 0.5) is 0 Å². The topological polar surface area (TPSA) is 59.3 Å². The first-order valence-electron chi connectivity index (χ1n) is 6.48. The van der Waals surface area contributed by atoms with Crippen LogP contribution in [-0.2, 0) is 6.54 Å². The van der Waals surface area contributed by atoms with Gasteiger partial charge in [-0.1, -0.05) is 23.7 Å². The number of fused-ring (bicyclic) bond motifs is 1. The summed E-state index contributed by atoms with van der Waals surface area (Å²) in [5, 5.41) is 3.01. The van der Waals surface area contributed by atoms with Crippen molar-refractivity contribution in [2.45, 2.75) is 13.5 Å². The maximum Gasteiger partial charge on any atom is 0.271 e. The predicted molar refractivity (Wildman–Crippen MR) is 80.3 cm³/mol. The van der Waals surface area contributed by atoms with Crippen LogP contribution < -0.4 is 5.32 Å². The Labute approximate surface area is 126 Å². The number of hydrogen-bond acceptors (Lipinski definition) is 3. The molecule has 0 saturated carbocycles. The van der Waals surface area contributed by atoms with Crippen LogP contribution in [0.1, 0.15) is 21.9 Å². The van der Waals surface area contributed by atoms with E-state index in [9.17, 15) is 4.79 Å². The normalized spacial score (nSPS) is 10.8. The van der Waals surface area contributed by atoms with E-state index < -0.39 is 0 Å². The molecule has 1 amide bonds. The molecule has 3 aromatic heterocycles. The van der Waals surface area contributed by atoms with Gasteiger partial charge >= 0.3 is 0 Å². The second-order valence-corrected chi connectivity index (χ2v) is 4.99. The molecule has 0 bridgehead atoms. The van der Waals surface area contributed by atoms with Crippen LogP contribution >= 0.6 is 11.6 Å². The van der Waals surface area contributed by atoms with Crippen molar-refractivity contribution in [3.8, 4) is 0 Å². The molecule has 0 atom stereocenters. The van der Waals surface area contributed by atoms with Gasteiger partial charge in [-0.15, -0.1) is 0 Å². The lowest BCUT2D eigenvalue weighted by atomic mass is 10.3. The van der Waals surface area contributed by atoms with Gasteiger partial charge in [-0.2, -0.15) is 0 Å². The molecule has 0 spiro atoms. The van der Waals surface area contributed by atoms with Crippen molar-refractivity contribution in [1.29, 1.82) is 0 Å². The molecule has 3 heterocycles. The van der Waals surface area contributed by atoms with Gasteiger partial charge in [0.1, 0.15) is 5.65 Å². The number of aryl methyl sites for hydroxylation is 1. The molecule has 106 valence electrons. The Kier molecular flexibility index (Phi) is 3.58. The number of carbonyl (C=O) groups excluding carboxylic acids is 1. The largest absolute Gasteiger partial charge is 0.345 e. The first-order chi connectivity index (χ1) is 10.1. The first-order valence-corrected chi connectivity index (χ1v) is 6.86. The van der Waals surface area contributed by atoms with Crippen molar-refractivity contribution in [1.82, 2.24) is 19.7 Å². The molecule has 0 radical (unpaired) electrons. The molecule has 0 fully saturated rings. The zero-order valence-electron chi connectivity index (χ0n) is 11.4. The van der Waals surface area contributed by atoms with Gasteiger partial charge < -0.3 is 5.32 Å². The second-order valence-electron chi connectivity index (χ2n) is 4.63. The smallest absolute Gasteiger partial charge is 0.271 e. The van der Waals surface area contributed by atoms with Crippen molar-refractivity contribution < 1.29 is 4.79 Å². The SMILES string of the molecule is Cc1cccc(CNC(=O)c2c(Cl)nc3ccccn23)n1. The van der Waals surface area contributed by atoms with E-state index in [2.05, 4.69) is 15.3 Å². The van der Waals surface area contributed by atoms with Gasteiger partial charge in [-0.05, 0) is 31.2 Å².